The van der Waals surface area contributed by atoms with E-state index in [2.05, 4.69) is 24.1 Å². The Morgan fingerprint density at radius 2 is 2.31 bits per heavy atom. The molecule has 4 heteroatoms. The second-order valence-corrected chi connectivity index (χ2v) is 4.85. The molecule has 4 nitrogen and oxygen atoms in total. The largest absolute Gasteiger partial charge is 0.355 e. The molecule has 1 aliphatic heterocycles. The number of nitrogens with zero attached hydrogens (tertiary/aromatic N) is 1. The van der Waals surface area contributed by atoms with Crippen molar-refractivity contribution < 1.29 is 4.79 Å². The van der Waals surface area contributed by atoms with Crippen LogP contribution in [0.3, 0.4) is 0 Å². The Balaban J connectivity index is 2.26. The van der Waals surface area contributed by atoms with E-state index in [0.717, 1.165) is 39.0 Å². The lowest BCUT2D eigenvalue weighted by atomic mass is 9.87. The number of amides is 1. The Morgan fingerprint density at radius 1 is 1.56 bits per heavy atom. The standard InChI is InChI=1S/C12H25N3O/c1-3-5-14-12(16)9-15-6-4-11(7-13)10(2)8-15/h10-11H,3-9,13H2,1-2H3,(H,14,16). The van der Waals surface area contributed by atoms with E-state index in [-0.39, 0.29) is 5.91 Å². The van der Waals surface area contributed by atoms with Gasteiger partial charge in [-0.2, -0.15) is 0 Å². The van der Waals surface area contributed by atoms with Gasteiger partial charge in [-0.15, -0.1) is 0 Å². The molecule has 0 aromatic rings. The topological polar surface area (TPSA) is 58.4 Å². The van der Waals surface area contributed by atoms with E-state index in [9.17, 15) is 4.79 Å². The molecule has 2 unspecified atom stereocenters. The highest BCUT2D eigenvalue weighted by molar-refractivity contribution is 5.77. The lowest BCUT2D eigenvalue weighted by molar-refractivity contribution is -0.122. The van der Waals surface area contributed by atoms with Gasteiger partial charge in [-0.3, -0.25) is 9.69 Å². The van der Waals surface area contributed by atoms with Gasteiger partial charge in [0.25, 0.3) is 0 Å². The molecule has 0 bridgehead atoms. The number of hydrogen-bond donors (Lipinski definition) is 2. The van der Waals surface area contributed by atoms with E-state index >= 15 is 0 Å². The first-order valence-electron chi connectivity index (χ1n) is 6.36. The number of carbonyl (C=O) groups is 1. The van der Waals surface area contributed by atoms with Crippen molar-refractivity contribution in [3.63, 3.8) is 0 Å². The van der Waals surface area contributed by atoms with Gasteiger partial charge in [0, 0.05) is 13.1 Å². The predicted molar refractivity (Wildman–Crippen MR) is 66.1 cm³/mol. The van der Waals surface area contributed by atoms with Crippen LogP contribution in [0.25, 0.3) is 0 Å². The summed E-state index contributed by atoms with van der Waals surface area (Å²) in [5.41, 5.74) is 5.71. The molecule has 0 aromatic carbocycles. The summed E-state index contributed by atoms with van der Waals surface area (Å²) >= 11 is 0. The van der Waals surface area contributed by atoms with E-state index in [0.29, 0.717) is 18.4 Å². The third-order valence-corrected chi connectivity index (χ3v) is 3.41. The van der Waals surface area contributed by atoms with Crippen LogP contribution in [-0.4, -0.2) is 43.5 Å². The van der Waals surface area contributed by atoms with Crippen molar-refractivity contribution in [2.75, 3.05) is 32.7 Å². The maximum absolute atomic E-state index is 11.6. The second kappa shape index (κ2) is 6.86. The molecule has 3 N–H and O–H groups in total. The zero-order chi connectivity index (χ0) is 12.0. The van der Waals surface area contributed by atoms with Crippen LogP contribution < -0.4 is 11.1 Å². The third kappa shape index (κ3) is 4.10. The molecule has 1 amide bonds. The number of nitrogens with two attached hydrogens (primary N) is 1. The average Bonchev–Trinajstić information content (AvgIpc) is 2.26. The summed E-state index contributed by atoms with van der Waals surface area (Å²) in [5, 5.41) is 2.91. The molecular weight excluding hydrogens is 202 g/mol. The van der Waals surface area contributed by atoms with Crippen LogP contribution in [0.2, 0.25) is 0 Å². The lowest BCUT2D eigenvalue weighted by Gasteiger charge is -2.35. The molecule has 0 spiro atoms. The van der Waals surface area contributed by atoms with Gasteiger partial charge >= 0.3 is 0 Å². The first kappa shape index (κ1) is 13.5. The monoisotopic (exact) mass is 227 g/mol. The first-order valence-corrected chi connectivity index (χ1v) is 6.36. The number of piperidine rings is 1. The maximum Gasteiger partial charge on any atom is 0.234 e. The van der Waals surface area contributed by atoms with Crippen LogP contribution >= 0.6 is 0 Å². The predicted octanol–water partition coefficient (Wildman–Crippen LogP) is 0.429. The Labute approximate surface area is 98.6 Å². The Morgan fingerprint density at radius 3 is 2.88 bits per heavy atom. The minimum atomic E-state index is 0.153. The third-order valence-electron chi connectivity index (χ3n) is 3.41. The van der Waals surface area contributed by atoms with Crippen LogP contribution in [-0.2, 0) is 4.79 Å². The molecule has 0 aromatic heterocycles. The Bertz CT molecular complexity index is 220. The fourth-order valence-electron chi connectivity index (χ4n) is 2.30. The molecule has 1 rings (SSSR count). The number of carbonyl (C=O) groups excluding carboxylic acids is 1. The Kier molecular flexibility index (Phi) is 5.77. The molecule has 16 heavy (non-hydrogen) atoms. The van der Waals surface area contributed by atoms with E-state index in [1.165, 1.54) is 0 Å². The molecule has 0 aliphatic carbocycles. The van der Waals surface area contributed by atoms with Gasteiger partial charge in [0.05, 0.1) is 6.54 Å². The normalized spacial score (nSPS) is 26.7. The summed E-state index contributed by atoms with van der Waals surface area (Å²) in [4.78, 5) is 13.8. The van der Waals surface area contributed by atoms with Crippen LogP contribution in [0.1, 0.15) is 26.7 Å². The second-order valence-electron chi connectivity index (χ2n) is 4.85. The molecular formula is C12H25N3O. The molecule has 1 saturated heterocycles. The molecule has 2 atom stereocenters. The van der Waals surface area contributed by atoms with Crippen molar-refractivity contribution in [1.82, 2.24) is 10.2 Å². The van der Waals surface area contributed by atoms with Crippen LogP contribution in [0.15, 0.2) is 0 Å². The summed E-state index contributed by atoms with van der Waals surface area (Å²) in [6.45, 7) is 8.40. The molecule has 0 saturated carbocycles. The first-order chi connectivity index (χ1) is 7.67. The number of likely N-dealkylation sites (tertiary alicyclic amines) is 1. The molecule has 0 radical (unpaired) electrons. The SMILES string of the molecule is CCCNC(=O)CN1CCC(CN)C(C)C1. The number of hydrogen-bond acceptors (Lipinski definition) is 3. The van der Waals surface area contributed by atoms with E-state index in [1.807, 2.05) is 0 Å². The molecule has 1 heterocycles. The van der Waals surface area contributed by atoms with Gasteiger partial charge < -0.3 is 11.1 Å². The van der Waals surface area contributed by atoms with Crippen LogP contribution in [0.5, 0.6) is 0 Å². The highest BCUT2D eigenvalue weighted by atomic mass is 16.2. The number of rotatable bonds is 5. The summed E-state index contributed by atoms with van der Waals surface area (Å²) in [5.74, 6) is 1.40. The fraction of sp³-hybridized carbons (Fsp3) is 0.917. The lowest BCUT2D eigenvalue weighted by Crippen LogP contribution is -2.46. The van der Waals surface area contributed by atoms with Gasteiger partial charge in [-0.1, -0.05) is 13.8 Å². The summed E-state index contributed by atoms with van der Waals surface area (Å²) < 4.78 is 0. The number of nitrogens with one attached hydrogen (secondary N) is 1. The highest BCUT2D eigenvalue weighted by Crippen LogP contribution is 2.21. The zero-order valence-corrected chi connectivity index (χ0v) is 10.5. The highest BCUT2D eigenvalue weighted by Gasteiger charge is 2.25. The van der Waals surface area contributed by atoms with Gasteiger partial charge in [0.15, 0.2) is 0 Å². The van der Waals surface area contributed by atoms with Crippen molar-refractivity contribution >= 4 is 5.91 Å². The zero-order valence-electron chi connectivity index (χ0n) is 10.5. The summed E-state index contributed by atoms with van der Waals surface area (Å²) in [6, 6.07) is 0. The molecule has 1 fully saturated rings. The van der Waals surface area contributed by atoms with Crippen LogP contribution in [0, 0.1) is 11.8 Å². The maximum atomic E-state index is 11.6. The van der Waals surface area contributed by atoms with Crippen LogP contribution in [0.4, 0.5) is 0 Å². The molecule has 1 aliphatic rings. The fourth-order valence-corrected chi connectivity index (χ4v) is 2.30. The minimum absolute atomic E-state index is 0.153. The van der Waals surface area contributed by atoms with Crippen molar-refractivity contribution in [2.24, 2.45) is 17.6 Å². The smallest absolute Gasteiger partial charge is 0.234 e. The van der Waals surface area contributed by atoms with E-state index < -0.39 is 0 Å². The van der Waals surface area contributed by atoms with E-state index in [4.69, 9.17) is 5.73 Å². The average molecular weight is 227 g/mol. The van der Waals surface area contributed by atoms with E-state index in [1.54, 1.807) is 0 Å². The van der Waals surface area contributed by atoms with Crippen molar-refractivity contribution in [2.45, 2.75) is 26.7 Å². The molecule has 94 valence electrons. The van der Waals surface area contributed by atoms with Gasteiger partial charge in [0.2, 0.25) is 5.91 Å². The van der Waals surface area contributed by atoms with Crippen molar-refractivity contribution in [3.05, 3.63) is 0 Å². The van der Waals surface area contributed by atoms with Crippen molar-refractivity contribution in [3.8, 4) is 0 Å². The van der Waals surface area contributed by atoms with Crippen molar-refractivity contribution in [1.29, 1.82) is 0 Å². The Hall–Kier alpha value is -0.610. The summed E-state index contributed by atoms with van der Waals surface area (Å²) in [7, 11) is 0. The van der Waals surface area contributed by atoms with Gasteiger partial charge in [0.1, 0.15) is 0 Å². The van der Waals surface area contributed by atoms with Gasteiger partial charge in [-0.05, 0) is 37.8 Å². The summed E-state index contributed by atoms with van der Waals surface area (Å²) in [6.07, 6.45) is 2.12. The quantitative estimate of drug-likeness (QED) is 0.716. The van der Waals surface area contributed by atoms with Gasteiger partial charge in [-0.25, -0.2) is 0 Å². The minimum Gasteiger partial charge on any atom is -0.355 e.